The van der Waals surface area contributed by atoms with E-state index in [9.17, 15) is 9.59 Å². The molecule has 3 aromatic rings. The maximum Gasteiger partial charge on any atom is 0.259 e. The molecule has 2 heterocycles. The van der Waals surface area contributed by atoms with Crippen LogP contribution in [0.4, 0.5) is 0 Å². The largest absolute Gasteiger partial charge is 0.496 e. The smallest absolute Gasteiger partial charge is 0.259 e. The Kier molecular flexibility index (Phi) is 3.28. The molecule has 0 fully saturated rings. The number of fused-ring (bicyclic) bond motifs is 3. The zero-order valence-corrected chi connectivity index (χ0v) is 14.0. The van der Waals surface area contributed by atoms with Gasteiger partial charge in [-0.2, -0.15) is 0 Å². The SMILES string of the molecule is COc1cccc(OC)c1-c1cc2c(ccn2C)c2c1C(=O)NC2=O. The molecule has 25 heavy (non-hydrogen) atoms. The van der Waals surface area contributed by atoms with Crippen LogP contribution < -0.4 is 14.8 Å². The molecule has 1 aliphatic rings. The number of amides is 2. The van der Waals surface area contributed by atoms with Crippen molar-refractivity contribution in [2.45, 2.75) is 0 Å². The molecular weight excluding hydrogens is 320 g/mol. The van der Waals surface area contributed by atoms with Gasteiger partial charge in [0.2, 0.25) is 0 Å². The minimum atomic E-state index is -0.409. The van der Waals surface area contributed by atoms with Gasteiger partial charge in [0.05, 0.1) is 30.9 Å². The Bertz CT molecular complexity index is 1030. The number of nitrogens with one attached hydrogen (secondary N) is 1. The second kappa shape index (κ2) is 5.37. The minimum absolute atomic E-state index is 0.353. The number of nitrogens with zero attached hydrogens (tertiary/aromatic N) is 1. The lowest BCUT2D eigenvalue weighted by molar-refractivity contribution is 0.0880. The Morgan fingerprint density at radius 3 is 2.20 bits per heavy atom. The number of ether oxygens (including phenoxy) is 2. The first kappa shape index (κ1) is 15.3. The molecule has 0 radical (unpaired) electrons. The Morgan fingerprint density at radius 2 is 1.56 bits per heavy atom. The van der Waals surface area contributed by atoms with Gasteiger partial charge in [0, 0.05) is 29.7 Å². The summed E-state index contributed by atoms with van der Waals surface area (Å²) in [6.45, 7) is 0. The van der Waals surface area contributed by atoms with E-state index in [4.69, 9.17) is 9.47 Å². The summed E-state index contributed by atoms with van der Waals surface area (Å²) in [5.74, 6) is 0.352. The van der Waals surface area contributed by atoms with Crippen molar-refractivity contribution < 1.29 is 19.1 Å². The van der Waals surface area contributed by atoms with E-state index in [1.165, 1.54) is 0 Å². The summed E-state index contributed by atoms with van der Waals surface area (Å²) in [4.78, 5) is 24.9. The quantitative estimate of drug-likeness (QED) is 0.747. The number of methoxy groups -OCH3 is 2. The summed E-state index contributed by atoms with van der Waals surface area (Å²) >= 11 is 0. The van der Waals surface area contributed by atoms with Crippen molar-refractivity contribution in [3.8, 4) is 22.6 Å². The van der Waals surface area contributed by atoms with Gasteiger partial charge < -0.3 is 14.0 Å². The van der Waals surface area contributed by atoms with E-state index in [0.29, 0.717) is 33.8 Å². The zero-order chi connectivity index (χ0) is 17.7. The van der Waals surface area contributed by atoms with E-state index in [-0.39, 0.29) is 5.91 Å². The van der Waals surface area contributed by atoms with Gasteiger partial charge in [0.15, 0.2) is 0 Å². The van der Waals surface area contributed by atoms with E-state index in [0.717, 1.165) is 10.9 Å². The third-order valence-corrected chi connectivity index (χ3v) is 4.57. The average molecular weight is 336 g/mol. The highest BCUT2D eigenvalue weighted by Gasteiger charge is 2.34. The lowest BCUT2D eigenvalue weighted by atomic mass is 9.92. The number of carbonyl (C=O) groups excluding carboxylic acids is 2. The zero-order valence-electron chi connectivity index (χ0n) is 14.0. The number of aryl methyl sites for hydroxylation is 1. The maximum absolute atomic E-state index is 12.5. The molecule has 4 rings (SSSR count). The first-order valence-electron chi connectivity index (χ1n) is 7.76. The standard InChI is InChI=1S/C19H16N2O4/c1-21-8-7-10-12(21)9-11(17-16(10)18(22)20-19(17)23)15-13(24-2)5-4-6-14(15)25-3/h4-9H,1-3H3,(H,20,22,23). The predicted molar refractivity (Wildman–Crippen MR) is 93.3 cm³/mol. The molecule has 126 valence electrons. The molecule has 0 bridgehead atoms. The van der Waals surface area contributed by atoms with Crippen LogP contribution in [0.2, 0.25) is 0 Å². The van der Waals surface area contributed by atoms with Crippen molar-refractivity contribution in [1.29, 1.82) is 0 Å². The summed E-state index contributed by atoms with van der Waals surface area (Å²) in [6, 6.07) is 9.15. The topological polar surface area (TPSA) is 69.6 Å². The Balaban J connectivity index is 2.18. The van der Waals surface area contributed by atoms with Crippen LogP contribution in [0.15, 0.2) is 36.5 Å². The molecule has 2 amide bonds. The summed E-state index contributed by atoms with van der Waals surface area (Å²) in [7, 11) is 5.02. The van der Waals surface area contributed by atoms with E-state index in [1.807, 2.05) is 36.0 Å². The van der Waals surface area contributed by atoms with Crippen LogP contribution in [-0.4, -0.2) is 30.6 Å². The second-order valence-corrected chi connectivity index (χ2v) is 5.85. The molecule has 0 unspecified atom stereocenters. The number of rotatable bonds is 3. The second-order valence-electron chi connectivity index (χ2n) is 5.85. The molecule has 0 atom stereocenters. The molecule has 6 nitrogen and oxygen atoms in total. The van der Waals surface area contributed by atoms with Gasteiger partial charge in [0.25, 0.3) is 11.8 Å². The van der Waals surface area contributed by atoms with Crippen LogP contribution in [0, 0.1) is 0 Å². The molecule has 0 saturated carbocycles. The number of hydrogen-bond acceptors (Lipinski definition) is 4. The van der Waals surface area contributed by atoms with Gasteiger partial charge in [0.1, 0.15) is 11.5 Å². The number of aromatic nitrogens is 1. The number of imide groups is 1. The van der Waals surface area contributed by atoms with Gasteiger partial charge in [-0.3, -0.25) is 14.9 Å². The summed E-state index contributed by atoms with van der Waals surface area (Å²) < 4.78 is 12.9. The summed E-state index contributed by atoms with van der Waals surface area (Å²) in [5.41, 5.74) is 2.86. The fourth-order valence-electron chi connectivity index (χ4n) is 3.42. The van der Waals surface area contributed by atoms with Gasteiger partial charge in [-0.1, -0.05) is 6.07 Å². The van der Waals surface area contributed by atoms with Crippen molar-refractivity contribution in [2.24, 2.45) is 7.05 Å². The minimum Gasteiger partial charge on any atom is -0.496 e. The first-order valence-corrected chi connectivity index (χ1v) is 7.76. The third-order valence-electron chi connectivity index (χ3n) is 4.57. The van der Waals surface area contributed by atoms with Crippen LogP contribution >= 0.6 is 0 Å². The van der Waals surface area contributed by atoms with E-state index in [2.05, 4.69) is 5.32 Å². The molecule has 1 aliphatic heterocycles. The maximum atomic E-state index is 12.5. The van der Waals surface area contributed by atoms with Crippen molar-refractivity contribution in [1.82, 2.24) is 9.88 Å². The number of carbonyl (C=O) groups is 2. The van der Waals surface area contributed by atoms with Crippen LogP contribution in [0.5, 0.6) is 11.5 Å². The predicted octanol–water partition coefficient (Wildman–Crippen LogP) is 2.75. The normalized spacial score (nSPS) is 13.1. The van der Waals surface area contributed by atoms with Crippen LogP contribution in [0.3, 0.4) is 0 Å². The summed E-state index contributed by atoms with van der Waals surface area (Å²) in [5, 5.41) is 3.15. The molecule has 0 saturated heterocycles. The van der Waals surface area contributed by atoms with Gasteiger partial charge >= 0.3 is 0 Å². The van der Waals surface area contributed by atoms with Crippen molar-refractivity contribution in [3.05, 3.63) is 47.7 Å². The van der Waals surface area contributed by atoms with Crippen LogP contribution in [0.25, 0.3) is 22.0 Å². The highest BCUT2D eigenvalue weighted by Crippen LogP contribution is 2.43. The number of benzene rings is 2. The monoisotopic (exact) mass is 336 g/mol. The molecule has 6 heteroatoms. The van der Waals surface area contributed by atoms with Crippen molar-refractivity contribution in [3.63, 3.8) is 0 Å². The van der Waals surface area contributed by atoms with E-state index in [1.54, 1.807) is 26.4 Å². The highest BCUT2D eigenvalue weighted by molar-refractivity contribution is 6.29. The Hall–Kier alpha value is -3.28. The molecule has 1 N–H and O–H groups in total. The molecule has 2 aromatic carbocycles. The first-order chi connectivity index (χ1) is 12.1. The summed E-state index contributed by atoms with van der Waals surface area (Å²) in [6.07, 6.45) is 1.87. The Morgan fingerprint density at radius 1 is 0.920 bits per heavy atom. The van der Waals surface area contributed by atoms with E-state index >= 15 is 0 Å². The molecule has 0 aliphatic carbocycles. The Labute approximate surface area is 144 Å². The fourth-order valence-corrected chi connectivity index (χ4v) is 3.42. The lowest BCUT2D eigenvalue weighted by Crippen LogP contribution is -2.20. The number of hydrogen-bond donors (Lipinski definition) is 1. The fraction of sp³-hybridized carbons (Fsp3) is 0.158. The van der Waals surface area contributed by atoms with Crippen molar-refractivity contribution >= 4 is 22.7 Å². The van der Waals surface area contributed by atoms with E-state index < -0.39 is 5.91 Å². The van der Waals surface area contributed by atoms with Crippen molar-refractivity contribution in [2.75, 3.05) is 14.2 Å². The van der Waals surface area contributed by atoms with Crippen LogP contribution in [0.1, 0.15) is 20.7 Å². The van der Waals surface area contributed by atoms with Gasteiger partial charge in [-0.25, -0.2) is 0 Å². The molecule has 1 aromatic heterocycles. The third kappa shape index (κ3) is 2.04. The van der Waals surface area contributed by atoms with Crippen LogP contribution in [-0.2, 0) is 7.05 Å². The van der Waals surface area contributed by atoms with Gasteiger partial charge in [-0.05, 0) is 24.3 Å². The average Bonchev–Trinajstić information content (AvgIpc) is 3.13. The lowest BCUT2D eigenvalue weighted by Gasteiger charge is -2.16. The molecule has 0 spiro atoms. The van der Waals surface area contributed by atoms with Gasteiger partial charge in [-0.15, -0.1) is 0 Å². The highest BCUT2D eigenvalue weighted by atomic mass is 16.5. The molecular formula is C19H16N2O4.